The Morgan fingerprint density at radius 2 is 1.91 bits per heavy atom. The monoisotopic (exact) mass is 430 g/mol. The minimum atomic E-state index is -1.07. The molecule has 2 heterocycles. The Bertz CT molecular complexity index is 1170. The highest BCUT2D eigenvalue weighted by Gasteiger charge is 2.43. The smallest absolute Gasteiger partial charge is 0.264 e. The molecule has 4 rings (SSSR count). The van der Waals surface area contributed by atoms with Crippen LogP contribution in [0.5, 0.6) is 5.88 Å². The fraction of sp³-hybridized carbons (Fsp3) is 0.240. The zero-order chi connectivity index (χ0) is 22.9. The number of anilines is 1. The standard InChI is InChI=1S/C25H26N4O3/c1-25(24(31)28-15-16-7-9-19(10-8-16)29(2)3)14-21-20(11-12-27-23(21)32-25)17-5-4-6-18(13-17)22(26)30/h4-13H,14-15H2,1-3H3,(H2,26,30)(H,28,31). The fourth-order valence-electron chi connectivity index (χ4n) is 3.84. The maximum absolute atomic E-state index is 13.0. The number of nitrogens with two attached hydrogens (primary N) is 1. The third-order valence-corrected chi connectivity index (χ3v) is 5.70. The summed E-state index contributed by atoms with van der Waals surface area (Å²) in [6.45, 7) is 2.17. The van der Waals surface area contributed by atoms with Crippen LogP contribution in [0.3, 0.4) is 0 Å². The van der Waals surface area contributed by atoms with Crippen molar-refractivity contribution in [3.8, 4) is 17.0 Å². The molecule has 0 fully saturated rings. The fourth-order valence-corrected chi connectivity index (χ4v) is 3.84. The summed E-state index contributed by atoms with van der Waals surface area (Å²) in [5, 5.41) is 2.98. The van der Waals surface area contributed by atoms with Crippen molar-refractivity contribution in [3.63, 3.8) is 0 Å². The maximum Gasteiger partial charge on any atom is 0.264 e. The summed E-state index contributed by atoms with van der Waals surface area (Å²) in [5.74, 6) is -0.263. The lowest BCUT2D eigenvalue weighted by atomic mass is 9.92. The van der Waals surface area contributed by atoms with Crippen LogP contribution in [0.4, 0.5) is 5.69 Å². The number of nitrogens with one attached hydrogen (secondary N) is 1. The molecule has 2 aromatic carbocycles. The molecule has 164 valence electrons. The molecular weight excluding hydrogens is 404 g/mol. The van der Waals surface area contributed by atoms with E-state index in [1.54, 1.807) is 31.3 Å². The lowest BCUT2D eigenvalue weighted by Crippen LogP contribution is -2.47. The van der Waals surface area contributed by atoms with Crippen LogP contribution in [0, 0.1) is 0 Å². The molecule has 3 N–H and O–H groups in total. The van der Waals surface area contributed by atoms with Crippen molar-refractivity contribution >= 4 is 17.5 Å². The molecule has 2 amide bonds. The molecule has 3 aromatic rings. The number of ether oxygens (including phenoxy) is 1. The first-order valence-corrected chi connectivity index (χ1v) is 10.4. The van der Waals surface area contributed by atoms with Gasteiger partial charge in [0.05, 0.1) is 0 Å². The SMILES string of the molecule is CN(C)c1ccc(CNC(=O)C2(C)Cc3c(-c4cccc(C(N)=O)c4)ccnc3O2)cc1. The Hall–Kier alpha value is -3.87. The van der Waals surface area contributed by atoms with E-state index in [0.29, 0.717) is 24.4 Å². The second kappa shape index (κ2) is 8.34. The van der Waals surface area contributed by atoms with Crippen molar-refractivity contribution in [1.29, 1.82) is 0 Å². The third kappa shape index (κ3) is 4.14. The molecule has 0 saturated heterocycles. The molecular formula is C25H26N4O3. The average molecular weight is 431 g/mol. The molecule has 0 bridgehead atoms. The Kier molecular flexibility index (Phi) is 5.57. The van der Waals surface area contributed by atoms with Gasteiger partial charge in [-0.15, -0.1) is 0 Å². The van der Waals surface area contributed by atoms with Gasteiger partial charge in [-0.3, -0.25) is 9.59 Å². The van der Waals surface area contributed by atoms with E-state index in [1.165, 1.54) is 0 Å². The van der Waals surface area contributed by atoms with E-state index < -0.39 is 11.5 Å². The lowest BCUT2D eigenvalue weighted by Gasteiger charge is -2.22. The highest BCUT2D eigenvalue weighted by molar-refractivity contribution is 5.94. The van der Waals surface area contributed by atoms with Gasteiger partial charge in [0.2, 0.25) is 11.8 Å². The number of amides is 2. The van der Waals surface area contributed by atoms with E-state index in [1.807, 2.05) is 55.4 Å². The van der Waals surface area contributed by atoms with Crippen molar-refractivity contribution in [2.75, 3.05) is 19.0 Å². The summed E-state index contributed by atoms with van der Waals surface area (Å²) in [6, 6.07) is 17.0. The van der Waals surface area contributed by atoms with E-state index in [-0.39, 0.29) is 5.91 Å². The Morgan fingerprint density at radius 3 is 2.59 bits per heavy atom. The number of pyridine rings is 1. The number of primary amides is 1. The number of benzene rings is 2. The minimum absolute atomic E-state index is 0.205. The molecule has 0 aliphatic carbocycles. The topological polar surface area (TPSA) is 97.6 Å². The number of hydrogen-bond acceptors (Lipinski definition) is 5. The highest BCUT2D eigenvalue weighted by Crippen LogP contribution is 2.39. The van der Waals surface area contributed by atoms with Crippen LogP contribution in [0.25, 0.3) is 11.1 Å². The molecule has 1 aliphatic heterocycles. The van der Waals surface area contributed by atoms with E-state index in [9.17, 15) is 9.59 Å². The Balaban J connectivity index is 1.51. The predicted octanol–water partition coefficient (Wildman–Crippen LogP) is 2.92. The van der Waals surface area contributed by atoms with Crippen molar-refractivity contribution in [3.05, 3.63) is 77.5 Å². The molecule has 1 aliphatic rings. The van der Waals surface area contributed by atoms with Gasteiger partial charge in [-0.05, 0) is 53.9 Å². The van der Waals surface area contributed by atoms with Gasteiger partial charge in [-0.1, -0.05) is 24.3 Å². The van der Waals surface area contributed by atoms with Gasteiger partial charge < -0.3 is 20.7 Å². The van der Waals surface area contributed by atoms with Crippen LogP contribution in [0.2, 0.25) is 0 Å². The van der Waals surface area contributed by atoms with Gasteiger partial charge in [-0.25, -0.2) is 4.98 Å². The van der Waals surface area contributed by atoms with Crippen LogP contribution in [0.15, 0.2) is 60.8 Å². The van der Waals surface area contributed by atoms with E-state index in [4.69, 9.17) is 10.5 Å². The second-order valence-corrected chi connectivity index (χ2v) is 8.34. The Morgan fingerprint density at radius 1 is 1.16 bits per heavy atom. The lowest BCUT2D eigenvalue weighted by molar-refractivity contribution is -0.134. The summed E-state index contributed by atoms with van der Waals surface area (Å²) in [5.41, 5.74) is 9.42. The second-order valence-electron chi connectivity index (χ2n) is 8.34. The first kappa shape index (κ1) is 21.4. The zero-order valence-electron chi connectivity index (χ0n) is 18.4. The number of carbonyl (C=O) groups excluding carboxylic acids is 2. The predicted molar refractivity (Wildman–Crippen MR) is 124 cm³/mol. The molecule has 0 radical (unpaired) electrons. The van der Waals surface area contributed by atoms with Crippen LogP contribution in [-0.2, 0) is 17.8 Å². The largest absolute Gasteiger partial charge is 0.461 e. The van der Waals surface area contributed by atoms with E-state index >= 15 is 0 Å². The maximum atomic E-state index is 13.0. The number of aromatic nitrogens is 1. The van der Waals surface area contributed by atoms with Crippen molar-refractivity contribution in [1.82, 2.24) is 10.3 Å². The normalized spacial score (nSPS) is 16.7. The Labute approximate surface area is 187 Å². The number of carbonyl (C=O) groups is 2. The van der Waals surface area contributed by atoms with Crippen LogP contribution >= 0.6 is 0 Å². The third-order valence-electron chi connectivity index (χ3n) is 5.70. The molecule has 7 heteroatoms. The first-order chi connectivity index (χ1) is 15.3. The van der Waals surface area contributed by atoms with E-state index in [0.717, 1.165) is 27.9 Å². The number of nitrogens with zero attached hydrogens (tertiary/aromatic N) is 2. The molecule has 32 heavy (non-hydrogen) atoms. The van der Waals surface area contributed by atoms with Gasteiger partial charge in [0.1, 0.15) is 0 Å². The van der Waals surface area contributed by atoms with Gasteiger partial charge >= 0.3 is 0 Å². The summed E-state index contributed by atoms with van der Waals surface area (Å²) in [6.07, 6.45) is 2.01. The van der Waals surface area contributed by atoms with Crippen LogP contribution in [-0.4, -0.2) is 36.5 Å². The molecule has 1 aromatic heterocycles. The molecule has 1 unspecified atom stereocenters. The highest BCUT2D eigenvalue weighted by atomic mass is 16.5. The first-order valence-electron chi connectivity index (χ1n) is 10.4. The molecule has 0 spiro atoms. The summed E-state index contributed by atoms with van der Waals surface area (Å²) >= 11 is 0. The van der Waals surface area contributed by atoms with Crippen molar-refractivity contribution in [2.24, 2.45) is 5.73 Å². The van der Waals surface area contributed by atoms with E-state index in [2.05, 4.69) is 10.3 Å². The molecule has 1 atom stereocenters. The summed E-state index contributed by atoms with van der Waals surface area (Å²) in [7, 11) is 3.97. The zero-order valence-corrected chi connectivity index (χ0v) is 18.4. The van der Waals surface area contributed by atoms with Crippen molar-refractivity contribution in [2.45, 2.75) is 25.5 Å². The van der Waals surface area contributed by atoms with Gasteiger partial charge in [-0.2, -0.15) is 0 Å². The summed E-state index contributed by atoms with van der Waals surface area (Å²) in [4.78, 5) is 31.0. The average Bonchev–Trinajstić information content (AvgIpc) is 3.15. The van der Waals surface area contributed by atoms with Crippen molar-refractivity contribution < 1.29 is 14.3 Å². The minimum Gasteiger partial charge on any atom is -0.461 e. The number of fused-ring (bicyclic) bond motifs is 1. The quantitative estimate of drug-likeness (QED) is 0.627. The van der Waals surface area contributed by atoms with Gasteiger partial charge in [0, 0.05) is 50.1 Å². The van der Waals surface area contributed by atoms with Crippen LogP contribution < -0.4 is 20.7 Å². The van der Waals surface area contributed by atoms with Crippen LogP contribution in [0.1, 0.15) is 28.4 Å². The molecule has 0 saturated carbocycles. The summed E-state index contributed by atoms with van der Waals surface area (Å²) < 4.78 is 6.01. The van der Waals surface area contributed by atoms with Gasteiger partial charge in [0.25, 0.3) is 5.91 Å². The van der Waals surface area contributed by atoms with Gasteiger partial charge in [0.15, 0.2) is 5.60 Å². The number of hydrogen-bond donors (Lipinski definition) is 2. The molecule has 7 nitrogen and oxygen atoms in total. The number of rotatable bonds is 6.